The third kappa shape index (κ3) is 1.04. The van der Waals surface area contributed by atoms with Crippen LogP contribution in [0.2, 0.25) is 0 Å². The van der Waals surface area contributed by atoms with Crippen LogP contribution in [0.15, 0.2) is 18.5 Å². The molecular weight excluding hydrogens is 120 g/mol. The largest absolute Gasteiger partial charge is 0.260 e. The lowest BCUT2D eigenvalue weighted by Crippen LogP contribution is -1.96. The van der Waals surface area contributed by atoms with Gasteiger partial charge in [0, 0.05) is 12.4 Å². The zero-order valence-corrected chi connectivity index (χ0v) is 5.55. The second kappa shape index (κ2) is 2.22. The van der Waals surface area contributed by atoms with Crippen molar-refractivity contribution in [2.24, 2.45) is 0 Å². The van der Waals surface area contributed by atoms with Gasteiger partial charge in [0.2, 0.25) is 0 Å². The van der Waals surface area contributed by atoms with E-state index < -0.39 is 0 Å². The minimum Gasteiger partial charge on any atom is -0.260 e. The molecule has 8 heavy (non-hydrogen) atoms. The molecule has 0 bridgehead atoms. The molecule has 1 aromatic rings. The fourth-order valence-corrected chi connectivity index (χ4v) is 0.638. The van der Waals surface area contributed by atoms with Gasteiger partial charge in [0.1, 0.15) is 0 Å². The van der Waals surface area contributed by atoms with Gasteiger partial charge in [-0.15, -0.1) is 0 Å². The van der Waals surface area contributed by atoms with Crippen molar-refractivity contribution in [1.82, 2.24) is 9.78 Å². The number of hydrogen-bond donors (Lipinski definition) is 1. The van der Waals surface area contributed by atoms with Gasteiger partial charge in [0.05, 0.1) is 5.37 Å². The van der Waals surface area contributed by atoms with Gasteiger partial charge in [-0.1, -0.05) is 0 Å². The van der Waals surface area contributed by atoms with E-state index in [0.29, 0.717) is 0 Å². The Balaban J connectivity index is 2.77. The van der Waals surface area contributed by atoms with Crippen molar-refractivity contribution in [2.45, 2.75) is 12.3 Å². The van der Waals surface area contributed by atoms with Gasteiger partial charge in [0.25, 0.3) is 0 Å². The Morgan fingerprint density at radius 3 is 2.75 bits per heavy atom. The van der Waals surface area contributed by atoms with Crippen LogP contribution >= 0.6 is 12.6 Å². The van der Waals surface area contributed by atoms with Gasteiger partial charge in [-0.2, -0.15) is 17.7 Å². The molecule has 3 heteroatoms. The minimum atomic E-state index is 0.185. The highest BCUT2D eigenvalue weighted by molar-refractivity contribution is 7.80. The summed E-state index contributed by atoms with van der Waals surface area (Å²) in [5.74, 6) is 0. The van der Waals surface area contributed by atoms with E-state index >= 15 is 0 Å². The lowest BCUT2D eigenvalue weighted by molar-refractivity contribution is 0.646. The summed E-state index contributed by atoms with van der Waals surface area (Å²) >= 11 is 4.15. The molecule has 0 radical (unpaired) electrons. The summed E-state index contributed by atoms with van der Waals surface area (Å²) < 4.78 is 1.78. The topological polar surface area (TPSA) is 17.8 Å². The van der Waals surface area contributed by atoms with Crippen LogP contribution in [0.4, 0.5) is 0 Å². The van der Waals surface area contributed by atoms with Crippen LogP contribution < -0.4 is 0 Å². The van der Waals surface area contributed by atoms with E-state index in [1.807, 2.05) is 19.2 Å². The van der Waals surface area contributed by atoms with Crippen LogP contribution in [0.5, 0.6) is 0 Å². The molecule has 1 heterocycles. The van der Waals surface area contributed by atoms with Crippen LogP contribution in [0.1, 0.15) is 12.3 Å². The summed E-state index contributed by atoms with van der Waals surface area (Å²) in [7, 11) is 0. The quantitative estimate of drug-likeness (QED) is 0.565. The average molecular weight is 128 g/mol. The number of aromatic nitrogens is 2. The van der Waals surface area contributed by atoms with Crippen LogP contribution in [0.3, 0.4) is 0 Å². The average Bonchev–Trinajstić information content (AvgIpc) is 2.12. The summed E-state index contributed by atoms with van der Waals surface area (Å²) in [4.78, 5) is 0. The van der Waals surface area contributed by atoms with E-state index in [1.54, 1.807) is 10.9 Å². The molecular formula is C5H8N2S. The van der Waals surface area contributed by atoms with Crippen LogP contribution in [-0.4, -0.2) is 9.78 Å². The van der Waals surface area contributed by atoms with Crippen LogP contribution in [-0.2, 0) is 0 Å². The Hall–Kier alpha value is -0.440. The summed E-state index contributed by atoms with van der Waals surface area (Å²) in [6.45, 7) is 1.97. The fraction of sp³-hybridized carbons (Fsp3) is 0.400. The molecule has 0 saturated heterocycles. The third-order valence-corrected chi connectivity index (χ3v) is 1.14. The maximum Gasteiger partial charge on any atom is 0.0914 e. The molecule has 0 aliphatic carbocycles. The molecule has 2 nitrogen and oxygen atoms in total. The highest BCUT2D eigenvalue weighted by Gasteiger charge is 1.92. The standard InChI is InChI=1S/C5H8N2S/c1-5(8)7-4-2-3-6-7/h2-5,8H,1H3/t5-/m0/s1. The summed E-state index contributed by atoms with van der Waals surface area (Å²) in [6.07, 6.45) is 3.63. The van der Waals surface area contributed by atoms with Crippen molar-refractivity contribution < 1.29 is 0 Å². The number of nitrogens with zero attached hydrogens (tertiary/aromatic N) is 2. The van der Waals surface area contributed by atoms with E-state index in [9.17, 15) is 0 Å². The maximum atomic E-state index is 4.15. The Morgan fingerprint density at radius 1 is 1.75 bits per heavy atom. The number of hydrogen-bond acceptors (Lipinski definition) is 2. The fourth-order valence-electron chi connectivity index (χ4n) is 0.502. The minimum absolute atomic E-state index is 0.185. The predicted octanol–water partition coefficient (Wildman–Crippen LogP) is 1.33. The van der Waals surface area contributed by atoms with Crippen LogP contribution in [0.25, 0.3) is 0 Å². The molecule has 1 atom stereocenters. The lowest BCUT2D eigenvalue weighted by atomic mass is 10.7. The summed E-state index contributed by atoms with van der Waals surface area (Å²) in [5.41, 5.74) is 0. The second-order valence-electron chi connectivity index (χ2n) is 1.62. The highest BCUT2D eigenvalue weighted by Crippen LogP contribution is 2.05. The zero-order chi connectivity index (χ0) is 5.98. The molecule has 44 valence electrons. The van der Waals surface area contributed by atoms with Crippen molar-refractivity contribution in [3.63, 3.8) is 0 Å². The molecule has 0 spiro atoms. The van der Waals surface area contributed by atoms with E-state index in [2.05, 4.69) is 17.7 Å². The molecule has 0 fully saturated rings. The smallest absolute Gasteiger partial charge is 0.0914 e. The molecule has 0 aromatic carbocycles. The first-order chi connectivity index (χ1) is 3.80. The Kier molecular flexibility index (Phi) is 1.58. The monoisotopic (exact) mass is 128 g/mol. The molecule has 1 aromatic heterocycles. The SMILES string of the molecule is C[C@H](S)n1cccn1. The van der Waals surface area contributed by atoms with Gasteiger partial charge in [-0.25, -0.2) is 0 Å². The zero-order valence-electron chi connectivity index (χ0n) is 4.65. The molecule has 1 rings (SSSR count). The highest BCUT2D eigenvalue weighted by atomic mass is 32.1. The van der Waals surface area contributed by atoms with E-state index in [4.69, 9.17) is 0 Å². The molecule has 0 aliphatic heterocycles. The van der Waals surface area contributed by atoms with Crippen molar-refractivity contribution in [3.8, 4) is 0 Å². The van der Waals surface area contributed by atoms with Gasteiger partial charge < -0.3 is 0 Å². The molecule has 0 N–H and O–H groups in total. The Morgan fingerprint density at radius 2 is 2.50 bits per heavy atom. The number of rotatable bonds is 1. The van der Waals surface area contributed by atoms with Gasteiger partial charge in [-0.05, 0) is 13.0 Å². The van der Waals surface area contributed by atoms with Crippen molar-refractivity contribution in [3.05, 3.63) is 18.5 Å². The van der Waals surface area contributed by atoms with E-state index in [0.717, 1.165) is 0 Å². The molecule has 0 amide bonds. The first kappa shape index (κ1) is 5.69. The van der Waals surface area contributed by atoms with E-state index in [-0.39, 0.29) is 5.37 Å². The molecule has 0 aliphatic rings. The van der Waals surface area contributed by atoms with Gasteiger partial charge in [-0.3, -0.25) is 4.68 Å². The van der Waals surface area contributed by atoms with Crippen molar-refractivity contribution in [2.75, 3.05) is 0 Å². The second-order valence-corrected chi connectivity index (χ2v) is 2.37. The van der Waals surface area contributed by atoms with E-state index in [1.165, 1.54) is 0 Å². The first-order valence-corrected chi connectivity index (χ1v) is 2.99. The van der Waals surface area contributed by atoms with Crippen molar-refractivity contribution in [1.29, 1.82) is 0 Å². The first-order valence-electron chi connectivity index (χ1n) is 2.48. The lowest BCUT2D eigenvalue weighted by Gasteiger charge is -2.00. The van der Waals surface area contributed by atoms with Crippen molar-refractivity contribution >= 4 is 12.6 Å². The molecule has 0 unspecified atom stereocenters. The summed E-state index contributed by atoms with van der Waals surface area (Å²) in [6, 6.07) is 1.88. The molecule has 0 saturated carbocycles. The van der Waals surface area contributed by atoms with Gasteiger partial charge >= 0.3 is 0 Å². The normalized spacial score (nSPS) is 13.8. The Labute approximate surface area is 53.9 Å². The Bertz CT molecular complexity index is 145. The number of thiol groups is 1. The summed E-state index contributed by atoms with van der Waals surface area (Å²) in [5, 5.41) is 4.14. The maximum absolute atomic E-state index is 4.15. The predicted molar refractivity (Wildman–Crippen MR) is 35.9 cm³/mol. The van der Waals surface area contributed by atoms with Crippen LogP contribution in [0, 0.1) is 0 Å². The third-order valence-electron chi connectivity index (χ3n) is 0.908. The van der Waals surface area contributed by atoms with Gasteiger partial charge in [0.15, 0.2) is 0 Å².